The smallest absolute Gasteiger partial charge is 0.338 e. The molecule has 0 fully saturated rings. The number of aryl methyl sites for hydroxylation is 1. The summed E-state index contributed by atoms with van der Waals surface area (Å²) in [5, 5.41) is 11.6. The third-order valence-electron chi connectivity index (χ3n) is 4.63. The highest BCUT2D eigenvalue weighted by atomic mass is 32.2. The molecule has 1 atom stereocenters. The summed E-state index contributed by atoms with van der Waals surface area (Å²) in [5.74, 6) is 0.871. The number of amides is 1. The number of fused-ring (bicyclic) bond motifs is 1. The molecular formula is C21H20N4O5S. The van der Waals surface area contributed by atoms with Gasteiger partial charge in [-0.1, -0.05) is 11.8 Å². The van der Waals surface area contributed by atoms with Crippen molar-refractivity contribution < 1.29 is 23.8 Å². The van der Waals surface area contributed by atoms with Crippen molar-refractivity contribution in [1.29, 1.82) is 0 Å². The van der Waals surface area contributed by atoms with Gasteiger partial charge < -0.3 is 19.5 Å². The molecule has 0 saturated heterocycles. The summed E-state index contributed by atoms with van der Waals surface area (Å²) in [4.78, 5) is 24.9. The number of carbonyl (C=O) groups is 2. The summed E-state index contributed by atoms with van der Waals surface area (Å²) >= 11 is 1.48. The SMILES string of the molecule is CSc1nnc(C)n1-c1ccc(C(=O)OC(C)C(=O)Nc2ccc3c(c2)OCO3)cc1. The van der Waals surface area contributed by atoms with E-state index in [2.05, 4.69) is 15.5 Å². The van der Waals surface area contributed by atoms with Gasteiger partial charge in [0.25, 0.3) is 5.91 Å². The molecule has 160 valence electrons. The molecule has 0 radical (unpaired) electrons. The largest absolute Gasteiger partial charge is 0.454 e. The van der Waals surface area contributed by atoms with Crippen LogP contribution in [0.15, 0.2) is 47.6 Å². The topological polar surface area (TPSA) is 105 Å². The van der Waals surface area contributed by atoms with E-state index in [0.29, 0.717) is 22.7 Å². The molecule has 3 aromatic rings. The maximum Gasteiger partial charge on any atom is 0.338 e. The van der Waals surface area contributed by atoms with Crippen LogP contribution in [0.1, 0.15) is 23.1 Å². The highest BCUT2D eigenvalue weighted by Crippen LogP contribution is 2.34. The minimum absolute atomic E-state index is 0.148. The van der Waals surface area contributed by atoms with Gasteiger partial charge in [0.15, 0.2) is 22.8 Å². The first-order valence-corrected chi connectivity index (χ1v) is 10.7. The fraction of sp³-hybridized carbons (Fsp3) is 0.238. The fourth-order valence-corrected chi connectivity index (χ4v) is 3.56. The molecule has 0 saturated carbocycles. The van der Waals surface area contributed by atoms with Crippen LogP contribution in [0, 0.1) is 6.92 Å². The Kier molecular flexibility index (Phi) is 5.81. The normalized spacial score (nSPS) is 13.0. The predicted octanol–water partition coefficient (Wildman–Crippen LogP) is 3.21. The predicted molar refractivity (Wildman–Crippen MR) is 114 cm³/mol. The van der Waals surface area contributed by atoms with Gasteiger partial charge in [0.2, 0.25) is 6.79 Å². The molecule has 9 nitrogen and oxygen atoms in total. The van der Waals surface area contributed by atoms with Gasteiger partial charge in [-0.2, -0.15) is 0 Å². The van der Waals surface area contributed by atoms with E-state index in [1.54, 1.807) is 42.5 Å². The van der Waals surface area contributed by atoms with E-state index in [1.165, 1.54) is 18.7 Å². The highest BCUT2D eigenvalue weighted by molar-refractivity contribution is 7.98. The Morgan fingerprint density at radius 2 is 1.87 bits per heavy atom. The molecule has 0 aliphatic carbocycles. The number of nitrogens with zero attached hydrogens (tertiary/aromatic N) is 3. The van der Waals surface area contributed by atoms with Gasteiger partial charge in [-0.15, -0.1) is 10.2 Å². The number of thioether (sulfide) groups is 1. The number of esters is 1. The number of anilines is 1. The first-order valence-electron chi connectivity index (χ1n) is 9.44. The molecule has 0 spiro atoms. The van der Waals surface area contributed by atoms with Gasteiger partial charge in [0, 0.05) is 17.4 Å². The molecule has 2 aromatic carbocycles. The molecule has 1 amide bonds. The maximum atomic E-state index is 12.5. The molecule has 31 heavy (non-hydrogen) atoms. The van der Waals surface area contributed by atoms with Crippen LogP contribution in [-0.2, 0) is 9.53 Å². The summed E-state index contributed by atoms with van der Waals surface area (Å²) in [7, 11) is 0. The average molecular weight is 440 g/mol. The lowest BCUT2D eigenvalue weighted by Gasteiger charge is -2.14. The third kappa shape index (κ3) is 4.33. The first-order chi connectivity index (χ1) is 15.0. The van der Waals surface area contributed by atoms with Crippen molar-refractivity contribution in [2.75, 3.05) is 18.4 Å². The van der Waals surface area contributed by atoms with E-state index in [1.807, 2.05) is 17.7 Å². The molecule has 1 N–H and O–H groups in total. The summed E-state index contributed by atoms with van der Waals surface area (Å²) in [6.45, 7) is 3.52. The van der Waals surface area contributed by atoms with E-state index >= 15 is 0 Å². The molecule has 1 aromatic heterocycles. The molecule has 1 aliphatic heterocycles. The second-order valence-corrected chi connectivity index (χ2v) is 7.49. The van der Waals surface area contributed by atoms with Crippen LogP contribution >= 0.6 is 11.8 Å². The zero-order chi connectivity index (χ0) is 22.0. The van der Waals surface area contributed by atoms with E-state index in [0.717, 1.165) is 16.7 Å². The Morgan fingerprint density at radius 1 is 1.13 bits per heavy atom. The van der Waals surface area contributed by atoms with Crippen molar-refractivity contribution in [3.8, 4) is 17.2 Å². The van der Waals surface area contributed by atoms with E-state index < -0.39 is 18.0 Å². The van der Waals surface area contributed by atoms with Crippen molar-refractivity contribution in [3.63, 3.8) is 0 Å². The van der Waals surface area contributed by atoms with Crippen molar-refractivity contribution >= 4 is 29.3 Å². The van der Waals surface area contributed by atoms with Crippen LogP contribution < -0.4 is 14.8 Å². The molecule has 10 heteroatoms. The average Bonchev–Trinajstić information content (AvgIpc) is 3.39. The first kappa shape index (κ1) is 20.7. The van der Waals surface area contributed by atoms with Gasteiger partial charge in [0.05, 0.1) is 5.56 Å². The number of benzene rings is 2. The van der Waals surface area contributed by atoms with Crippen LogP contribution in [0.3, 0.4) is 0 Å². The Balaban J connectivity index is 1.39. The van der Waals surface area contributed by atoms with Gasteiger partial charge in [-0.25, -0.2) is 4.79 Å². The van der Waals surface area contributed by atoms with Crippen LogP contribution in [0.25, 0.3) is 5.69 Å². The standard InChI is InChI=1S/C21H20N4O5S/c1-12(19(26)22-15-6-9-17-18(10-15)29-11-28-17)30-20(27)14-4-7-16(8-5-14)25-13(2)23-24-21(25)31-3/h4-10,12H,11H2,1-3H3,(H,22,26). The minimum Gasteiger partial charge on any atom is -0.454 e. The van der Waals surface area contributed by atoms with Crippen LogP contribution in [0.2, 0.25) is 0 Å². The second-order valence-electron chi connectivity index (χ2n) is 6.72. The van der Waals surface area contributed by atoms with Crippen molar-refractivity contribution in [2.45, 2.75) is 25.1 Å². The van der Waals surface area contributed by atoms with Crippen molar-refractivity contribution in [3.05, 3.63) is 53.9 Å². The summed E-state index contributed by atoms with van der Waals surface area (Å²) in [5.41, 5.74) is 1.69. The Morgan fingerprint density at radius 3 is 2.61 bits per heavy atom. The van der Waals surface area contributed by atoms with Crippen molar-refractivity contribution in [1.82, 2.24) is 14.8 Å². The Labute approximate surface area is 182 Å². The van der Waals surface area contributed by atoms with Gasteiger partial charge in [-0.05, 0) is 56.5 Å². The number of nitrogens with one attached hydrogen (secondary N) is 1. The Bertz CT molecular complexity index is 1130. The van der Waals surface area contributed by atoms with Crippen LogP contribution in [0.4, 0.5) is 5.69 Å². The summed E-state index contributed by atoms with van der Waals surface area (Å²) in [6, 6.07) is 11.9. The van der Waals surface area contributed by atoms with E-state index in [-0.39, 0.29) is 6.79 Å². The number of carbonyl (C=O) groups excluding carboxylic acids is 2. The zero-order valence-corrected chi connectivity index (χ0v) is 17.9. The summed E-state index contributed by atoms with van der Waals surface area (Å²) < 4.78 is 17.7. The summed E-state index contributed by atoms with van der Waals surface area (Å²) in [6.07, 6.45) is 0.933. The van der Waals surface area contributed by atoms with Crippen molar-refractivity contribution in [2.24, 2.45) is 0 Å². The molecule has 1 aliphatic rings. The third-order valence-corrected chi connectivity index (χ3v) is 5.26. The van der Waals surface area contributed by atoms with E-state index in [4.69, 9.17) is 14.2 Å². The van der Waals surface area contributed by atoms with Crippen LogP contribution in [-0.4, -0.2) is 45.8 Å². The quantitative estimate of drug-likeness (QED) is 0.460. The maximum absolute atomic E-state index is 12.5. The molecular weight excluding hydrogens is 420 g/mol. The second kappa shape index (κ2) is 8.68. The minimum atomic E-state index is -0.985. The molecule has 4 rings (SSSR count). The number of hydrogen-bond acceptors (Lipinski definition) is 8. The van der Waals surface area contributed by atoms with Gasteiger partial charge in [-0.3, -0.25) is 9.36 Å². The molecule has 0 bridgehead atoms. The number of ether oxygens (including phenoxy) is 3. The highest BCUT2D eigenvalue weighted by Gasteiger charge is 2.21. The lowest BCUT2D eigenvalue weighted by atomic mass is 10.2. The number of rotatable bonds is 6. The number of hydrogen-bond donors (Lipinski definition) is 1. The van der Waals surface area contributed by atoms with Gasteiger partial charge in [0.1, 0.15) is 5.82 Å². The lowest BCUT2D eigenvalue weighted by Crippen LogP contribution is -2.30. The fourth-order valence-electron chi connectivity index (χ4n) is 3.02. The zero-order valence-electron chi connectivity index (χ0n) is 17.1. The molecule has 2 heterocycles. The lowest BCUT2D eigenvalue weighted by molar-refractivity contribution is -0.123. The number of aromatic nitrogens is 3. The van der Waals surface area contributed by atoms with Crippen LogP contribution in [0.5, 0.6) is 11.5 Å². The Hall–Kier alpha value is -3.53. The molecule has 1 unspecified atom stereocenters. The van der Waals surface area contributed by atoms with Gasteiger partial charge >= 0.3 is 5.97 Å². The van der Waals surface area contributed by atoms with E-state index in [9.17, 15) is 9.59 Å². The monoisotopic (exact) mass is 440 g/mol.